The van der Waals surface area contributed by atoms with Gasteiger partial charge in [0.2, 0.25) is 0 Å². The lowest BCUT2D eigenvalue weighted by molar-refractivity contribution is -0.0509. The summed E-state index contributed by atoms with van der Waals surface area (Å²) in [7, 11) is -3.84. The van der Waals surface area contributed by atoms with Gasteiger partial charge in [0.1, 0.15) is 22.4 Å². The Hall–Kier alpha value is -3.44. The van der Waals surface area contributed by atoms with E-state index in [0.29, 0.717) is 22.4 Å². The van der Waals surface area contributed by atoms with Gasteiger partial charge in [-0.05, 0) is 50.1 Å². The van der Waals surface area contributed by atoms with Crippen LogP contribution in [0.15, 0.2) is 53.7 Å². The molecule has 2 aliphatic heterocycles. The van der Waals surface area contributed by atoms with Gasteiger partial charge in [-0.3, -0.25) is 0 Å². The molecule has 35 heavy (non-hydrogen) atoms. The van der Waals surface area contributed by atoms with Crippen molar-refractivity contribution in [2.45, 2.75) is 48.7 Å². The molecular formula is C24H20F2N4O4S. The first-order valence-electron chi connectivity index (χ1n) is 10.9. The van der Waals surface area contributed by atoms with E-state index in [1.807, 2.05) is 16.7 Å². The zero-order valence-corrected chi connectivity index (χ0v) is 19.5. The molecule has 8 nitrogen and oxygen atoms in total. The maximum absolute atomic E-state index is 13.4. The summed E-state index contributed by atoms with van der Waals surface area (Å²) in [4.78, 5) is 13.1. The number of fused-ring (bicyclic) bond motifs is 9. The number of rotatable bonds is 4. The van der Waals surface area contributed by atoms with Gasteiger partial charge in [-0.15, -0.1) is 0 Å². The van der Waals surface area contributed by atoms with Crippen molar-refractivity contribution in [3.8, 4) is 16.9 Å². The van der Waals surface area contributed by atoms with Crippen LogP contribution in [-0.4, -0.2) is 39.7 Å². The summed E-state index contributed by atoms with van der Waals surface area (Å²) in [5.74, 6) is 0.524. The highest BCUT2D eigenvalue weighted by Gasteiger charge is 2.50. The zero-order chi connectivity index (χ0) is 24.7. The van der Waals surface area contributed by atoms with Crippen molar-refractivity contribution in [3.63, 3.8) is 0 Å². The minimum absolute atomic E-state index is 0.00214. The minimum atomic E-state index is -3.84. The Balaban J connectivity index is 1.53. The van der Waals surface area contributed by atoms with E-state index in [9.17, 15) is 22.3 Å². The van der Waals surface area contributed by atoms with Crippen LogP contribution in [0.2, 0.25) is 0 Å². The van der Waals surface area contributed by atoms with Gasteiger partial charge in [-0.2, -0.15) is 8.78 Å². The van der Waals surface area contributed by atoms with Gasteiger partial charge in [0.15, 0.2) is 15.7 Å². The third-order valence-electron chi connectivity index (χ3n) is 6.54. The fourth-order valence-electron chi connectivity index (χ4n) is 5.02. The van der Waals surface area contributed by atoms with Gasteiger partial charge in [0, 0.05) is 23.5 Å². The van der Waals surface area contributed by atoms with Gasteiger partial charge in [-0.25, -0.2) is 23.4 Å². The first kappa shape index (κ1) is 22.1. The molecule has 0 saturated heterocycles. The number of halogens is 2. The van der Waals surface area contributed by atoms with E-state index >= 15 is 0 Å². The highest BCUT2D eigenvalue weighted by molar-refractivity contribution is 7.91. The predicted molar refractivity (Wildman–Crippen MR) is 122 cm³/mol. The molecule has 180 valence electrons. The fraction of sp³-hybridized carbons (Fsp3) is 0.292. The lowest BCUT2D eigenvalue weighted by Gasteiger charge is -2.26. The van der Waals surface area contributed by atoms with Crippen LogP contribution < -0.4 is 4.74 Å². The van der Waals surface area contributed by atoms with Crippen molar-refractivity contribution in [2.75, 3.05) is 0 Å². The van der Waals surface area contributed by atoms with E-state index in [-0.39, 0.29) is 28.5 Å². The maximum atomic E-state index is 13.4. The number of ether oxygens (including phenoxy) is 1. The Bertz CT molecular complexity index is 1590. The molecular weight excluding hydrogens is 478 g/mol. The van der Waals surface area contributed by atoms with Crippen molar-refractivity contribution < 1.29 is 27.0 Å². The first-order chi connectivity index (χ1) is 16.6. The molecule has 0 spiro atoms. The smallest absolute Gasteiger partial charge is 0.387 e. The molecule has 0 unspecified atom stereocenters. The van der Waals surface area contributed by atoms with Crippen LogP contribution in [0.3, 0.4) is 0 Å². The van der Waals surface area contributed by atoms with Crippen molar-refractivity contribution in [1.29, 1.82) is 0 Å². The van der Waals surface area contributed by atoms with Crippen LogP contribution in [0.1, 0.15) is 48.8 Å². The third kappa shape index (κ3) is 3.25. The average molecular weight is 499 g/mol. The molecule has 6 rings (SSSR count). The minimum Gasteiger partial charge on any atom is -0.434 e. The molecule has 0 fully saturated rings. The lowest BCUT2D eigenvalue weighted by Crippen LogP contribution is -2.21. The predicted octanol–water partition coefficient (Wildman–Crippen LogP) is 4.14. The molecule has 2 atom stereocenters. The Morgan fingerprint density at radius 3 is 2.57 bits per heavy atom. The quantitative estimate of drug-likeness (QED) is 0.451. The van der Waals surface area contributed by atoms with Crippen LogP contribution in [0.5, 0.6) is 5.75 Å². The van der Waals surface area contributed by atoms with E-state index in [4.69, 9.17) is 4.74 Å². The van der Waals surface area contributed by atoms with Crippen LogP contribution in [-0.2, 0) is 15.4 Å². The normalized spacial score (nSPS) is 20.2. The number of aliphatic hydroxyl groups is 1. The van der Waals surface area contributed by atoms with Crippen molar-refractivity contribution in [2.24, 2.45) is 0 Å². The molecule has 0 radical (unpaired) electrons. The molecule has 2 aromatic heterocycles. The zero-order valence-electron chi connectivity index (χ0n) is 18.7. The second-order valence-corrected chi connectivity index (χ2v) is 11.3. The molecule has 1 N–H and O–H groups in total. The Labute approximate surface area is 199 Å². The summed E-state index contributed by atoms with van der Waals surface area (Å²) >= 11 is 0. The second kappa shape index (κ2) is 7.28. The number of sulfone groups is 1. The van der Waals surface area contributed by atoms with Gasteiger partial charge >= 0.3 is 6.61 Å². The number of alkyl halides is 2. The van der Waals surface area contributed by atoms with E-state index in [2.05, 4.69) is 15.0 Å². The second-order valence-electron chi connectivity index (χ2n) is 9.23. The number of imidazole rings is 1. The van der Waals surface area contributed by atoms with Crippen LogP contribution in [0.4, 0.5) is 8.78 Å². The monoisotopic (exact) mass is 498 g/mol. The highest BCUT2D eigenvalue weighted by Crippen LogP contribution is 2.55. The molecule has 4 aromatic rings. The summed E-state index contributed by atoms with van der Waals surface area (Å²) in [6.07, 6.45) is 3.41. The number of benzene rings is 2. The summed E-state index contributed by atoms with van der Waals surface area (Å²) in [5.41, 5.74) is 1.79. The van der Waals surface area contributed by atoms with Crippen LogP contribution >= 0.6 is 0 Å². The highest BCUT2D eigenvalue weighted by atomic mass is 32.2. The van der Waals surface area contributed by atoms with Crippen molar-refractivity contribution in [3.05, 3.63) is 66.0 Å². The van der Waals surface area contributed by atoms with E-state index < -0.39 is 33.3 Å². The van der Waals surface area contributed by atoms with Gasteiger partial charge in [0.05, 0.1) is 22.0 Å². The molecule has 0 amide bonds. The first-order valence-corrected chi connectivity index (χ1v) is 12.5. The summed E-state index contributed by atoms with van der Waals surface area (Å²) in [6.45, 7) is 0.111. The SMILES string of the molecule is CC(C)(O)c1ncc(-c2ccc3nc4n(c3c2)[C@@H]2C[C@H]4S(=O)(=O)c3cccc(OC(F)F)c32)cn1. The van der Waals surface area contributed by atoms with Crippen LogP contribution in [0.25, 0.3) is 22.2 Å². The molecule has 11 heteroatoms. The summed E-state index contributed by atoms with van der Waals surface area (Å²) in [5, 5.41) is 9.24. The van der Waals surface area contributed by atoms with E-state index in [0.717, 1.165) is 5.56 Å². The largest absolute Gasteiger partial charge is 0.434 e. The van der Waals surface area contributed by atoms with Gasteiger partial charge in [-0.1, -0.05) is 12.1 Å². The van der Waals surface area contributed by atoms with Crippen LogP contribution in [0, 0.1) is 0 Å². The third-order valence-corrected chi connectivity index (χ3v) is 8.66. The Morgan fingerprint density at radius 2 is 1.89 bits per heavy atom. The van der Waals surface area contributed by atoms with E-state index in [1.54, 1.807) is 32.3 Å². The van der Waals surface area contributed by atoms with E-state index in [1.165, 1.54) is 18.2 Å². The lowest BCUT2D eigenvalue weighted by atomic mass is 10.0. The number of hydrogen-bond acceptors (Lipinski definition) is 7. The Morgan fingerprint density at radius 1 is 1.14 bits per heavy atom. The molecule has 2 aliphatic rings. The van der Waals surface area contributed by atoms with Gasteiger partial charge < -0.3 is 14.4 Å². The molecule has 2 aromatic carbocycles. The summed E-state index contributed by atoms with van der Waals surface area (Å²) in [6, 6.07) is 9.17. The number of nitrogens with zero attached hydrogens (tertiary/aromatic N) is 4. The topological polar surface area (TPSA) is 107 Å². The molecule has 0 aliphatic carbocycles. The maximum Gasteiger partial charge on any atom is 0.387 e. The van der Waals surface area contributed by atoms with Crippen molar-refractivity contribution >= 4 is 20.9 Å². The number of hydrogen-bond donors (Lipinski definition) is 1. The summed E-state index contributed by atoms with van der Waals surface area (Å²) < 4.78 is 59.6. The fourth-order valence-corrected chi connectivity index (χ4v) is 7.01. The Kier molecular flexibility index (Phi) is 4.59. The van der Waals surface area contributed by atoms with Crippen molar-refractivity contribution in [1.82, 2.24) is 19.5 Å². The standard InChI is InChI=1S/C24H20F2N4O4S/c1-24(2,31)22-27-10-13(11-28-22)12-6-7-14-15(8-12)30-16-9-19(21(30)29-14)35(32,33)18-5-3-4-17(20(16)18)34-23(25)26/h3-8,10-11,16,19,23,31H,9H2,1-2H3/t16-,19-/m1/s1. The molecule has 4 heterocycles. The molecule has 0 saturated carbocycles. The average Bonchev–Trinajstić information content (AvgIpc) is 3.33. The number of aromatic nitrogens is 4. The molecule has 2 bridgehead atoms. The van der Waals surface area contributed by atoms with Gasteiger partial charge in [0.25, 0.3) is 0 Å².